The van der Waals surface area contributed by atoms with Gasteiger partial charge in [-0.3, -0.25) is 10.1 Å². The van der Waals surface area contributed by atoms with E-state index in [1.165, 1.54) is 11.4 Å². The molecule has 2 N–H and O–H groups in total. The number of nitrogens with two attached hydrogens (primary N) is 1. The second kappa shape index (κ2) is 4.79. The highest BCUT2D eigenvalue weighted by Crippen LogP contribution is 2.30. The number of nitro groups is 1. The third kappa shape index (κ3) is 3.78. The van der Waals surface area contributed by atoms with Gasteiger partial charge in [0.2, 0.25) is 0 Å². The quantitative estimate of drug-likeness (QED) is 0.663. The summed E-state index contributed by atoms with van der Waals surface area (Å²) >= 11 is 0.859. The SMILES string of the molecule is N[C@@H](CCC(F)(F)F)c1csc([N+](=O)[O-])c1. The summed E-state index contributed by atoms with van der Waals surface area (Å²) in [5.74, 6) is 0. The first-order valence-electron chi connectivity index (χ1n) is 4.35. The lowest BCUT2D eigenvalue weighted by atomic mass is 10.1. The van der Waals surface area contributed by atoms with Crippen LogP contribution in [0.5, 0.6) is 0 Å². The zero-order chi connectivity index (χ0) is 12.3. The van der Waals surface area contributed by atoms with E-state index in [4.69, 9.17) is 5.73 Å². The van der Waals surface area contributed by atoms with Gasteiger partial charge in [0.05, 0.1) is 4.92 Å². The zero-order valence-corrected chi connectivity index (χ0v) is 8.85. The Morgan fingerprint density at radius 3 is 2.62 bits per heavy atom. The number of alkyl halides is 3. The molecule has 0 amide bonds. The molecule has 1 aromatic rings. The number of hydrogen-bond donors (Lipinski definition) is 1. The fourth-order valence-electron chi connectivity index (χ4n) is 1.12. The summed E-state index contributed by atoms with van der Waals surface area (Å²) in [6, 6.07) is 0.401. The normalized spacial score (nSPS) is 13.8. The van der Waals surface area contributed by atoms with Gasteiger partial charge < -0.3 is 5.73 Å². The van der Waals surface area contributed by atoms with Gasteiger partial charge in [-0.2, -0.15) is 13.2 Å². The molecule has 1 atom stereocenters. The summed E-state index contributed by atoms with van der Waals surface area (Å²) in [5.41, 5.74) is 5.88. The molecule has 4 nitrogen and oxygen atoms in total. The van der Waals surface area contributed by atoms with E-state index in [1.807, 2.05) is 0 Å². The Kier molecular flexibility index (Phi) is 3.87. The molecule has 0 unspecified atom stereocenters. The molecule has 1 heterocycles. The maximum atomic E-state index is 11.9. The molecular formula is C8H9F3N2O2S. The van der Waals surface area contributed by atoms with E-state index in [0.29, 0.717) is 5.56 Å². The Balaban J connectivity index is 2.59. The zero-order valence-electron chi connectivity index (χ0n) is 8.03. The molecule has 0 bridgehead atoms. The van der Waals surface area contributed by atoms with E-state index in [9.17, 15) is 23.3 Å². The van der Waals surface area contributed by atoms with E-state index in [0.717, 1.165) is 11.3 Å². The molecule has 0 saturated carbocycles. The van der Waals surface area contributed by atoms with Crippen molar-refractivity contribution >= 4 is 16.3 Å². The van der Waals surface area contributed by atoms with Crippen LogP contribution in [0, 0.1) is 10.1 Å². The monoisotopic (exact) mass is 254 g/mol. The van der Waals surface area contributed by atoms with Crippen molar-refractivity contribution < 1.29 is 18.1 Å². The van der Waals surface area contributed by atoms with Crippen molar-refractivity contribution in [1.82, 2.24) is 0 Å². The van der Waals surface area contributed by atoms with E-state index in [2.05, 4.69) is 0 Å². The van der Waals surface area contributed by atoms with Crippen LogP contribution in [0.1, 0.15) is 24.4 Å². The van der Waals surface area contributed by atoms with E-state index in [1.54, 1.807) is 0 Å². The summed E-state index contributed by atoms with van der Waals surface area (Å²) < 4.78 is 35.7. The average molecular weight is 254 g/mol. The van der Waals surface area contributed by atoms with Crippen molar-refractivity contribution in [2.75, 3.05) is 0 Å². The third-order valence-corrected chi connectivity index (χ3v) is 2.85. The maximum absolute atomic E-state index is 11.9. The molecule has 0 aliphatic heterocycles. The molecule has 0 radical (unpaired) electrons. The molecule has 0 aliphatic rings. The molecule has 0 saturated heterocycles. The lowest BCUT2D eigenvalue weighted by Crippen LogP contribution is -2.15. The van der Waals surface area contributed by atoms with E-state index < -0.39 is 23.6 Å². The minimum Gasteiger partial charge on any atom is -0.324 e. The smallest absolute Gasteiger partial charge is 0.324 e. The molecule has 1 rings (SSSR count). The van der Waals surface area contributed by atoms with Gasteiger partial charge in [0, 0.05) is 23.9 Å². The van der Waals surface area contributed by atoms with Crippen LogP contribution < -0.4 is 5.73 Å². The van der Waals surface area contributed by atoms with Crippen molar-refractivity contribution in [3.05, 3.63) is 27.1 Å². The molecule has 8 heteroatoms. The summed E-state index contributed by atoms with van der Waals surface area (Å²) in [5, 5.41) is 11.7. The standard InChI is InChI=1S/C8H9F3N2O2S/c9-8(10,11)2-1-6(12)5-3-7(13(14)15)16-4-5/h3-4,6H,1-2,12H2/t6-/m0/s1. The molecule has 16 heavy (non-hydrogen) atoms. The van der Waals surface area contributed by atoms with Gasteiger partial charge in [-0.05, 0) is 12.0 Å². The van der Waals surface area contributed by atoms with Crippen LogP contribution in [0.2, 0.25) is 0 Å². The predicted octanol–water partition coefficient (Wildman–Crippen LogP) is 3.00. The Morgan fingerprint density at radius 2 is 2.19 bits per heavy atom. The molecule has 0 aliphatic carbocycles. The van der Waals surface area contributed by atoms with Gasteiger partial charge in [-0.1, -0.05) is 11.3 Å². The van der Waals surface area contributed by atoms with Crippen molar-refractivity contribution in [3.63, 3.8) is 0 Å². The molecule has 0 spiro atoms. The number of hydrogen-bond acceptors (Lipinski definition) is 4. The second-order valence-corrected chi connectivity index (χ2v) is 4.13. The van der Waals surface area contributed by atoms with Gasteiger partial charge in [0.1, 0.15) is 0 Å². The summed E-state index contributed by atoms with van der Waals surface area (Å²) in [6.07, 6.45) is -5.51. The van der Waals surface area contributed by atoms with Crippen LogP contribution in [0.15, 0.2) is 11.4 Å². The summed E-state index contributed by atoms with van der Waals surface area (Å²) in [4.78, 5) is 9.76. The predicted molar refractivity (Wildman–Crippen MR) is 53.2 cm³/mol. The molecule has 1 aromatic heterocycles. The molecule has 0 fully saturated rings. The van der Waals surface area contributed by atoms with Crippen molar-refractivity contribution in [2.24, 2.45) is 5.73 Å². The van der Waals surface area contributed by atoms with Crippen LogP contribution in [0.4, 0.5) is 18.2 Å². The average Bonchev–Trinajstić information content (AvgIpc) is 2.61. The highest BCUT2D eigenvalue weighted by atomic mass is 32.1. The maximum Gasteiger partial charge on any atom is 0.389 e. The van der Waals surface area contributed by atoms with Gasteiger partial charge >= 0.3 is 11.2 Å². The first kappa shape index (κ1) is 12.9. The van der Waals surface area contributed by atoms with Gasteiger partial charge in [-0.25, -0.2) is 0 Å². The van der Waals surface area contributed by atoms with Gasteiger partial charge in [-0.15, -0.1) is 0 Å². The minimum absolute atomic E-state index is 0.113. The van der Waals surface area contributed by atoms with Crippen molar-refractivity contribution in [1.29, 1.82) is 0 Å². The highest BCUT2D eigenvalue weighted by Gasteiger charge is 2.28. The Hall–Kier alpha value is -1.15. The number of rotatable bonds is 4. The fraction of sp³-hybridized carbons (Fsp3) is 0.500. The Bertz CT molecular complexity index is 378. The number of nitrogens with zero attached hydrogens (tertiary/aromatic N) is 1. The number of halogens is 3. The van der Waals surface area contributed by atoms with E-state index >= 15 is 0 Å². The van der Waals surface area contributed by atoms with Crippen molar-refractivity contribution in [3.8, 4) is 0 Å². The van der Waals surface area contributed by atoms with Gasteiger partial charge in [0.15, 0.2) is 0 Å². The highest BCUT2D eigenvalue weighted by molar-refractivity contribution is 7.13. The first-order valence-corrected chi connectivity index (χ1v) is 5.23. The first-order chi connectivity index (χ1) is 7.29. The van der Waals surface area contributed by atoms with Crippen molar-refractivity contribution in [2.45, 2.75) is 25.1 Å². The molecular weight excluding hydrogens is 245 g/mol. The van der Waals surface area contributed by atoms with Crippen LogP contribution >= 0.6 is 11.3 Å². The van der Waals surface area contributed by atoms with Crippen LogP contribution in [0.3, 0.4) is 0 Å². The van der Waals surface area contributed by atoms with E-state index in [-0.39, 0.29) is 11.4 Å². The molecule has 0 aromatic carbocycles. The lowest BCUT2D eigenvalue weighted by molar-refractivity contribution is -0.380. The Labute approximate surface area is 93.0 Å². The Morgan fingerprint density at radius 1 is 1.56 bits per heavy atom. The fourth-order valence-corrected chi connectivity index (χ4v) is 1.90. The largest absolute Gasteiger partial charge is 0.389 e. The van der Waals surface area contributed by atoms with Gasteiger partial charge in [0.25, 0.3) is 0 Å². The third-order valence-electron chi connectivity index (χ3n) is 1.95. The topological polar surface area (TPSA) is 69.2 Å². The summed E-state index contributed by atoms with van der Waals surface area (Å²) in [7, 11) is 0. The second-order valence-electron chi connectivity index (χ2n) is 3.24. The minimum atomic E-state index is -4.25. The summed E-state index contributed by atoms with van der Waals surface area (Å²) in [6.45, 7) is 0. The number of thiophene rings is 1. The van der Waals surface area contributed by atoms with Crippen LogP contribution in [-0.4, -0.2) is 11.1 Å². The lowest BCUT2D eigenvalue weighted by Gasteiger charge is -2.11. The van der Waals surface area contributed by atoms with Crippen LogP contribution in [0.25, 0.3) is 0 Å². The van der Waals surface area contributed by atoms with Crippen LogP contribution in [-0.2, 0) is 0 Å². The molecule has 90 valence electrons.